The van der Waals surface area contributed by atoms with Crippen molar-refractivity contribution < 1.29 is 9.84 Å². The maximum atomic E-state index is 10.1. The number of hydrogen-bond donors (Lipinski definition) is 2. The van der Waals surface area contributed by atoms with E-state index in [0.717, 1.165) is 6.54 Å². The second-order valence-corrected chi connectivity index (χ2v) is 7.32. The second-order valence-electron chi connectivity index (χ2n) is 7.32. The average molecular weight is 297 g/mol. The molecule has 2 N–H and O–H groups in total. The minimum atomic E-state index is -0.363. The second kappa shape index (κ2) is 8.50. The molecule has 0 aliphatic heterocycles. The highest BCUT2D eigenvalue weighted by atomic mass is 16.5. The van der Waals surface area contributed by atoms with E-state index in [2.05, 4.69) is 19.2 Å². The summed E-state index contributed by atoms with van der Waals surface area (Å²) < 4.78 is 6.01. The molecule has 0 spiro atoms. The maximum absolute atomic E-state index is 10.1. The summed E-state index contributed by atoms with van der Waals surface area (Å²) in [6, 6.07) is 0. The molecule has 0 heterocycles. The quantitative estimate of drug-likeness (QED) is 0.684. The van der Waals surface area contributed by atoms with Gasteiger partial charge < -0.3 is 15.2 Å². The lowest BCUT2D eigenvalue weighted by molar-refractivity contribution is -0.0506. The van der Waals surface area contributed by atoms with Crippen LogP contribution >= 0.6 is 0 Å². The summed E-state index contributed by atoms with van der Waals surface area (Å²) in [4.78, 5) is 0. The van der Waals surface area contributed by atoms with Gasteiger partial charge in [-0.3, -0.25) is 0 Å². The van der Waals surface area contributed by atoms with Crippen LogP contribution in [0, 0.1) is 11.3 Å². The van der Waals surface area contributed by atoms with Crippen LogP contribution in [0.4, 0.5) is 0 Å². The first-order valence-electron chi connectivity index (χ1n) is 9.19. The molecule has 0 aromatic heterocycles. The summed E-state index contributed by atoms with van der Waals surface area (Å²) in [5, 5.41) is 13.6. The van der Waals surface area contributed by atoms with Crippen LogP contribution in [0.2, 0.25) is 0 Å². The Hall–Kier alpha value is -0.120. The third kappa shape index (κ3) is 4.94. The third-order valence-electron chi connectivity index (χ3n) is 5.91. The fourth-order valence-electron chi connectivity index (χ4n) is 3.99. The molecule has 2 fully saturated rings. The fourth-order valence-corrected chi connectivity index (χ4v) is 3.99. The molecule has 3 nitrogen and oxygen atoms in total. The number of ether oxygens (including phenoxy) is 1. The van der Waals surface area contributed by atoms with Crippen molar-refractivity contribution in [2.75, 3.05) is 19.7 Å². The van der Waals surface area contributed by atoms with Gasteiger partial charge in [-0.15, -0.1) is 0 Å². The topological polar surface area (TPSA) is 41.5 Å². The van der Waals surface area contributed by atoms with Crippen LogP contribution in [0.3, 0.4) is 0 Å². The number of nitrogens with one attached hydrogen (secondary N) is 1. The van der Waals surface area contributed by atoms with Crippen molar-refractivity contribution in [3.05, 3.63) is 0 Å². The van der Waals surface area contributed by atoms with Crippen LogP contribution in [-0.4, -0.2) is 37.0 Å². The van der Waals surface area contributed by atoms with E-state index in [1.807, 2.05) is 0 Å². The van der Waals surface area contributed by atoms with Crippen molar-refractivity contribution in [3.63, 3.8) is 0 Å². The Morgan fingerprint density at radius 2 is 1.95 bits per heavy atom. The summed E-state index contributed by atoms with van der Waals surface area (Å²) in [6.07, 6.45) is 11.7. The Bertz CT molecular complexity index is 285. The molecular weight excluding hydrogens is 262 g/mol. The largest absolute Gasteiger partial charge is 0.389 e. The Morgan fingerprint density at radius 3 is 2.57 bits per heavy atom. The smallest absolute Gasteiger partial charge is 0.0897 e. The van der Waals surface area contributed by atoms with E-state index in [1.54, 1.807) is 0 Å². The van der Waals surface area contributed by atoms with Gasteiger partial charge in [0.25, 0.3) is 0 Å². The molecule has 2 rings (SSSR count). The Kier molecular flexibility index (Phi) is 6.97. The Labute approximate surface area is 130 Å². The Balaban J connectivity index is 1.59. The molecule has 124 valence electrons. The lowest BCUT2D eigenvalue weighted by Gasteiger charge is -2.41. The molecule has 3 unspecified atom stereocenters. The lowest BCUT2D eigenvalue weighted by atomic mass is 9.67. The monoisotopic (exact) mass is 297 g/mol. The summed E-state index contributed by atoms with van der Waals surface area (Å²) in [5.41, 5.74) is 0.525. The van der Waals surface area contributed by atoms with E-state index in [0.29, 0.717) is 30.6 Å². The van der Waals surface area contributed by atoms with E-state index in [1.165, 1.54) is 57.8 Å². The van der Waals surface area contributed by atoms with Crippen molar-refractivity contribution in [2.24, 2.45) is 11.3 Å². The first-order valence-corrected chi connectivity index (χ1v) is 9.19. The van der Waals surface area contributed by atoms with Gasteiger partial charge in [0, 0.05) is 13.1 Å². The van der Waals surface area contributed by atoms with E-state index < -0.39 is 0 Å². The zero-order chi connectivity index (χ0) is 15.1. The van der Waals surface area contributed by atoms with Crippen LogP contribution in [0.25, 0.3) is 0 Å². The van der Waals surface area contributed by atoms with Gasteiger partial charge in [0.1, 0.15) is 0 Å². The van der Waals surface area contributed by atoms with Crippen LogP contribution in [0.15, 0.2) is 0 Å². The molecule has 0 amide bonds. The van der Waals surface area contributed by atoms with Gasteiger partial charge in [0.2, 0.25) is 0 Å². The van der Waals surface area contributed by atoms with Crippen LogP contribution in [0.5, 0.6) is 0 Å². The van der Waals surface area contributed by atoms with Crippen molar-refractivity contribution in [1.29, 1.82) is 0 Å². The number of rotatable bonds is 9. The molecule has 3 atom stereocenters. The Morgan fingerprint density at radius 1 is 1.19 bits per heavy atom. The summed E-state index contributed by atoms with van der Waals surface area (Å²) in [7, 11) is 0. The maximum Gasteiger partial charge on any atom is 0.0897 e. The zero-order valence-corrected chi connectivity index (χ0v) is 14.1. The summed E-state index contributed by atoms with van der Waals surface area (Å²) in [5.74, 6) is 0.706. The molecule has 2 aliphatic rings. The van der Waals surface area contributed by atoms with Crippen molar-refractivity contribution in [2.45, 2.75) is 83.8 Å². The molecule has 0 saturated heterocycles. The highest BCUT2D eigenvalue weighted by Gasteiger charge is 2.34. The molecule has 21 heavy (non-hydrogen) atoms. The van der Waals surface area contributed by atoms with Gasteiger partial charge in [-0.1, -0.05) is 39.5 Å². The zero-order valence-electron chi connectivity index (χ0n) is 14.1. The molecule has 0 bridgehead atoms. The van der Waals surface area contributed by atoms with Gasteiger partial charge in [-0.2, -0.15) is 0 Å². The number of hydrogen-bond acceptors (Lipinski definition) is 3. The molecular formula is C18H35NO2. The summed E-state index contributed by atoms with van der Waals surface area (Å²) in [6.45, 7) is 6.77. The highest BCUT2D eigenvalue weighted by molar-refractivity contribution is 4.88. The van der Waals surface area contributed by atoms with Crippen LogP contribution in [-0.2, 0) is 4.74 Å². The van der Waals surface area contributed by atoms with E-state index in [9.17, 15) is 5.11 Å². The predicted molar refractivity (Wildman–Crippen MR) is 87.4 cm³/mol. The minimum absolute atomic E-state index is 0.363. The predicted octanol–water partition coefficient (Wildman–Crippen LogP) is 3.50. The van der Waals surface area contributed by atoms with Crippen LogP contribution < -0.4 is 5.32 Å². The fraction of sp³-hybridized carbons (Fsp3) is 1.00. The number of aliphatic hydroxyl groups excluding tert-OH is 1. The van der Waals surface area contributed by atoms with Crippen molar-refractivity contribution >= 4 is 0 Å². The van der Waals surface area contributed by atoms with E-state index in [4.69, 9.17) is 4.74 Å². The molecule has 0 radical (unpaired) electrons. The van der Waals surface area contributed by atoms with E-state index in [-0.39, 0.29) is 6.10 Å². The third-order valence-corrected chi connectivity index (χ3v) is 5.91. The molecule has 2 saturated carbocycles. The minimum Gasteiger partial charge on any atom is -0.389 e. The highest BCUT2D eigenvalue weighted by Crippen LogP contribution is 2.42. The first kappa shape index (κ1) is 17.2. The van der Waals surface area contributed by atoms with Gasteiger partial charge >= 0.3 is 0 Å². The van der Waals surface area contributed by atoms with Gasteiger partial charge in [-0.25, -0.2) is 0 Å². The van der Waals surface area contributed by atoms with Gasteiger partial charge in [0.15, 0.2) is 0 Å². The molecule has 0 aromatic rings. The van der Waals surface area contributed by atoms with Crippen molar-refractivity contribution in [3.8, 4) is 0 Å². The summed E-state index contributed by atoms with van der Waals surface area (Å²) >= 11 is 0. The molecule has 2 aliphatic carbocycles. The lowest BCUT2D eigenvalue weighted by Crippen LogP contribution is -2.43. The normalized spacial score (nSPS) is 29.9. The van der Waals surface area contributed by atoms with Gasteiger partial charge in [-0.05, 0) is 43.4 Å². The van der Waals surface area contributed by atoms with Gasteiger partial charge in [0.05, 0.1) is 18.8 Å². The molecule has 3 heteroatoms. The van der Waals surface area contributed by atoms with E-state index >= 15 is 0 Å². The molecule has 0 aromatic carbocycles. The average Bonchev–Trinajstić information content (AvgIpc) is 2.48. The standard InChI is InChI=1S/C18H35NO2/c1-3-15-8-5-6-9-17(15)21-13-16(20)12-19-14-18(4-2)10-7-11-18/h15-17,19-20H,3-14H2,1-2H3. The SMILES string of the molecule is CCC1CCCCC1OCC(O)CNCC1(CC)CCC1. The van der Waals surface area contributed by atoms with Crippen LogP contribution in [0.1, 0.15) is 71.6 Å². The number of aliphatic hydroxyl groups is 1. The first-order chi connectivity index (χ1) is 10.2. The van der Waals surface area contributed by atoms with Crippen molar-refractivity contribution in [1.82, 2.24) is 5.32 Å².